The zero-order valence-corrected chi connectivity index (χ0v) is 30.4. The maximum Gasteiger partial charge on any atom is 0.485 e. The maximum atomic E-state index is 10.7. The first-order valence-electron chi connectivity index (χ1n) is 16.7. The lowest BCUT2D eigenvalue weighted by Crippen LogP contribution is -2.59. The smallest absolute Gasteiger partial charge is 0.485 e. The molecule has 4 aromatic carbocycles. The van der Waals surface area contributed by atoms with Crippen LogP contribution < -0.4 is 4.57 Å². The van der Waals surface area contributed by atoms with Crippen molar-refractivity contribution in [1.82, 2.24) is 0 Å². The van der Waals surface area contributed by atoms with Crippen molar-refractivity contribution in [2.45, 2.75) is 62.5 Å². The molecule has 6 rings (SSSR count). The van der Waals surface area contributed by atoms with E-state index in [1.165, 1.54) is 0 Å². The molecule has 0 saturated carbocycles. The van der Waals surface area contributed by atoms with E-state index >= 15 is 0 Å². The molecule has 0 radical (unpaired) electrons. The molecule has 5 atom stereocenters. The van der Waals surface area contributed by atoms with Crippen molar-refractivity contribution >= 4 is 21.5 Å². The molecule has 1 aliphatic heterocycles. The van der Waals surface area contributed by atoms with Gasteiger partial charge >= 0.3 is 5.51 Å². The van der Waals surface area contributed by atoms with Gasteiger partial charge in [0, 0.05) is 0 Å². The summed E-state index contributed by atoms with van der Waals surface area (Å²) < 4.78 is 94.7. The fourth-order valence-electron chi connectivity index (χ4n) is 5.60. The van der Waals surface area contributed by atoms with Gasteiger partial charge in [0.15, 0.2) is 22.4 Å². The number of halogens is 3. The zero-order chi connectivity index (χ0) is 37.7. The minimum absolute atomic E-state index is 0.344. The van der Waals surface area contributed by atoms with Crippen LogP contribution in [0.5, 0.6) is 0 Å². The Kier molecular flexibility index (Phi) is 14.7. The number of hydrogen-bond donors (Lipinski definition) is 0. The van der Waals surface area contributed by atoms with Gasteiger partial charge in [-0.05, 0) is 22.3 Å². The van der Waals surface area contributed by atoms with Crippen LogP contribution in [0.25, 0.3) is 0 Å². The Labute approximate surface area is 311 Å². The largest absolute Gasteiger partial charge is 0.741 e. The van der Waals surface area contributed by atoms with Crippen LogP contribution in [0.3, 0.4) is 0 Å². The van der Waals surface area contributed by atoms with Crippen molar-refractivity contribution in [3.8, 4) is 0 Å². The Bertz CT molecular complexity index is 1900. The first-order valence-corrected chi connectivity index (χ1v) is 19.0. The van der Waals surface area contributed by atoms with E-state index in [1.54, 1.807) is 11.3 Å². The highest BCUT2D eigenvalue weighted by Gasteiger charge is 2.51. The Balaban J connectivity index is 0.000000609. The molecule has 0 unspecified atom stereocenters. The van der Waals surface area contributed by atoms with Gasteiger partial charge in [-0.2, -0.15) is 17.7 Å². The summed E-state index contributed by atoms with van der Waals surface area (Å²) in [4.78, 5) is 0. The fourth-order valence-corrected chi connectivity index (χ4v) is 6.54. The van der Waals surface area contributed by atoms with E-state index in [9.17, 15) is 13.2 Å². The number of benzene rings is 4. The number of alkyl halides is 3. The van der Waals surface area contributed by atoms with Crippen LogP contribution in [0, 0.1) is 0 Å². The number of thiazole rings is 1. The van der Waals surface area contributed by atoms with E-state index in [2.05, 4.69) is 64.7 Å². The van der Waals surface area contributed by atoms with Crippen molar-refractivity contribution in [2.24, 2.45) is 7.05 Å². The second kappa shape index (κ2) is 19.4. The summed E-state index contributed by atoms with van der Waals surface area (Å²) in [5, 5.41) is 3.13. The summed E-state index contributed by atoms with van der Waals surface area (Å²) in [5.74, 6) is 0. The molecular weight excluding hydrogens is 732 g/mol. The van der Waals surface area contributed by atoms with Crippen LogP contribution in [-0.4, -0.2) is 49.5 Å². The van der Waals surface area contributed by atoms with E-state index in [4.69, 9.17) is 36.7 Å². The van der Waals surface area contributed by atoms with Crippen LogP contribution >= 0.6 is 11.3 Å². The van der Waals surface area contributed by atoms with Gasteiger partial charge in [-0.25, -0.2) is 8.42 Å². The third-order valence-corrected chi connectivity index (χ3v) is 9.82. The number of rotatable bonds is 14. The molecule has 0 amide bonds. The van der Waals surface area contributed by atoms with E-state index in [-0.39, 0.29) is 6.10 Å². The van der Waals surface area contributed by atoms with Gasteiger partial charge in [0.05, 0.1) is 38.4 Å². The quantitative estimate of drug-likeness (QED) is 0.0673. The maximum absolute atomic E-state index is 10.7. The molecule has 282 valence electrons. The Morgan fingerprint density at radius 1 is 0.679 bits per heavy atom. The predicted molar refractivity (Wildman–Crippen MR) is 190 cm³/mol. The monoisotopic (exact) mass is 771 g/mol. The van der Waals surface area contributed by atoms with Gasteiger partial charge in [0.2, 0.25) is 0 Å². The van der Waals surface area contributed by atoms with E-state index in [0.29, 0.717) is 33.0 Å². The third-order valence-electron chi connectivity index (χ3n) is 8.23. The second-order valence-corrected chi connectivity index (χ2v) is 14.4. The van der Waals surface area contributed by atoms with Crippen molar-refractivity contribution in [3.05, 3.63) is 160 Å². The number of hydrogen-bond acceptors (Lipinski definition) is 9. The third kappa shape index (κ3) is 12.0. The van der Waals surface area contributed by atoms with Crippen LogP contribution in [0.2, 0.25) is 0 Å². The van der Waals surface area contributed by atoms with Gasteiger partial charge in [0.25, 0.3) is 5.01 Å². The van der Waals surface area contributed by atoms with E-state index < -0.39 is 40.0 Å². The summed E-state index contributed by atoms with van der Waals surface area (Å²) in [6.07, 6.45) is -0.0694. The summed E-state index contributed by atoms with van der Waals surface area (Å²) >= 11 is 1.65. The molecule has 1 saturated heterocycles. The molecule has 1 aromatic heterocycles. The highest BCUT2D eigenvalue weighted by atomic mass is 32.2. The average Bonchev–Trinajstić information content (AvgIpc) is 3.59. The van der Waals surface area contributed by atoms with E-state index in [1.807, 2.05) is 79.8 Å². The summed E-state index contributed by atoms with van der Waals surface area (Å²) in [6, 6.07) is 40.9. The zero-order valence-electron chi connectivity index (χ0n) is 28.8. The molecule has 2 heterocycles. The SMILES string of the molecule is C[n+]1ccsc1[C@H]1O[C@H](COCc2ccccc2)[C@@H](OCc2ccccc2)[C@H](OCc2ccccc2)[C@H]1OCc1ccccc1.O=S(=O)([O-])C(F)(F)F. The van der Waals surface area contributed by atoms with Crippen LogP contribution in [0.1, 0.15) is 33.4 Å². The van der Waals surface area contributed by atoms with Crippen molar-refractivity contribution in [3.63, 3.8) is 0 Å². The van der Waals surface area contributed by atoms with Gasteiger partial charge in [0.1, 0.15) is 31.5 Å². The molecule has 1 aliphatic rings. The Morgan fingerprint density at radius 2 is 1.08 bits per heavy atom. The van der Waals surface area contributed by atoms with Crippen LogP contribution in [0.15, 0.2) is 133 Å². The minimum Gasteiger partial charge on any atom is -0.741 e. The molecule has 5 aromatic rings. The van der Waals surface area contributed by atoms with Gasteiger partial charge in [-0.3, -0.25) is 0 Å². The molecular formula is C39H40F3NO8S2. The average molecular weight is 772 g/mol. The lowest BCUT2D eigenvalue weighted by Gasteiger charge is -2.45. The number of ether oxygens (including phenoxy) is 5. The molecule has 0 aliphatic carbocycles. The molecule has 0 bridgehead atoms. The second-order valence-electron chi connectivity index (χ2n) is 12.1. The first-order chi connectivity index (χ1) is 25.5. The molecule has 0 spiro atoms. The molecule has 1 fully saturated rings. The van der Waals surface area contributed by atoms with Crippen molar-refractivity contribution in [2.75, 3.05) is 6.61 Å². The minimum atomic E-state index is -6.09. The number of aryl methyl sites for hydroxylation is 1. The molecule has 0 N–H and O–H groups in total. The normalized spacial score (nSPS) is 20.4. The summed E-state index contributed by atoms with van der Waals surface area (Å²) in [6.45, 7) is 2.08. The summed E-state index contributed by atoms with van der Waals surface area (Å²) in [7, 11) is -4.05. The highest BCUT2D eigenvalue weighted by molar-refractivity contribution is 7.86. The Hall–Kier alpha value is -3.99. The Morgan fingerprint density at radius 3 is 1.47 bits per heavy atom. The van der Waals surface area contributed by atoms with Crippen molar-refractivity contribution < 1.29 is 54.4 Å². The van der Waals surface area contributed by atoms with Gasteiger partial charge < -0.3 is 28.2 Å². The number of nitrogens with zero attached hydrogens (tertiary/aromatic N) is 1. The molecule has 53 heavy (non-hydrogen) atoms. The van der Waals surface area contributed by atoms with Crippen molar-refractivity contribution in [1.29, 1.82) is 0 Å². The molecule has 9 nitrogen and oxygen atoms in total. The van der Waals surface area contributed by atoms with E-state index in [0.717, 1.165) is 27.3 Å². The van der Waals surface area contributed by atoms with Crippen LogP contribution in [0.4, 0.5) is 13.2 Å². The molecule has 14 heteroatoms. The lowest BCUT2D eigenvalue weighted by atomic mass is 9.94. The fraction of sp³-hybridized carbons (Fsp3) is 0.308. The van der Waals surface area contributed by atoms with Crippen LogP contribution in [-0.2, 0) is 67.3 Å². The topological polar surface area (TPSA) is 107 Å². The highest BCUT2D eigenvalue weighted by Crippen LogP contribution is 2.39. The van der Waals surface area contributed by atoms with Gasteiger partial charge in [-0.1, -0.05) is 133 Å². The number of aromatic nitrogens is 1. The first kappa shape index (κ1) is 40.2. The summed E-state index contributed by atoms with van der Waals surface area (Å²) in [5.41, 5.74) is -1.28. The lowest BCUT2D eigenvalue weighted by molar-refractivity contribution is -0.679. The standard InChI is InChI=1S/C38H40NO5S.CHF3O3S/c1-39-22-23-45-38(39)37-36(43-27-32-20-12-5-13-21-32)35(42-26-31-18-10-4-11-19-31)34(41-25-30-16-8-3-9-17-30)33(44-37)28-40-24-29-14-6-2-7-15-29;2-1(3,4)8(5,6)7/h2-23,33-37H,24-28H2,1H3;(H,5,6,7)/q+1;/p-1/t33-,34-,35+,36-,37+;/m1./s1. The predicted octanol–water partition coefficient (Wildman–Crippen LogP) is 7.04. The van der Waals surface area contributed by atoms with Gasteiger partial charge in [-0.15, -0.1) is 0 Å².